The topological polar surface area (TPSA) is 78.8 Å². The molecule has 116 valence electrons. The molecule has 1 rings (SSSR count). The van der Waals surface area contributed by atoms with E-state index < -0.39 is 12.1 Å². The van der Waals surface area contributed by atoms with E-state index in [1.54, 1.807) is 19.3 Å². The Labute approximate surface area is 125 Å². The lowest BCUT2D eigenvalue weighted by atomic mass is 9.94. The van der Waals surface area contributed by atoms with Crippen molar-refractivity contribution in [3.05, 3.63) is 42.0 Å². The first-order chi connectivity index (χ1) is 9.99. The second-order valence-corrected chi connectivity index (χ2v) is 4.90. The summed E-state index contributed by atoms with van der Waals surface area (Å²) in [4.78, 5) is 10.7. The minimum absolute atomic E-state index is 0.00106. The van der Waals surface area contributed by atoms with Crippen LogP contribution >= 0.6 is 0 Å². The molecule has 1 aromatic carbocycles. The average Bonchev–Trinajstić information content (AvgIpc) is 2.46. The molecule has 0 aromatic heterocycles. The predicted molar refractivity (Wildman–Crippen MR) is 81.5 cm³/mol. The van der Waals surface area contributed by atoms with Gasteiger partial charge in [-0.1, -0.05) is 12.1 Å². The minimum atomic E-state index is -0.876. The number of aliphatic carboxylic acids is 1. The van der Waals surface area contributed by atoms with E-state index in [4.69, 9.17) is 9.84 Å². The zero-order valence-corrected chi connectivity index (χ0v) is 12.5. The molecule has 0 saturated carbocycles. The first-order valence-corrected chi connectivity index (χ1v) is 6.88. The first-order valence-electron chi connectivity index (χ1n) is 6.88. The molecular weight excluding hydrogens is 270 g/mol. The predicted octanol–water partition coefficient (Wildman–Crippen LogP) is 2.05. The molecule has 0 saturated heterocycles. The summed E-state index contributed by atoms with van der Waals surface area (Å²) in [6.07, 6.45) is 1.24. The fourth-order valence-corrected chi connectivity index (χ4v) is 2.21. The third-order valence-corrected chi connectivity index (χ3v) is 3.37. The maximum absolute atomic E-state index is 10.7. The van der Waals surface area contributed by atoms with Gasteiger partial charge in [0.05, 0.1) is 13.2 Å². The molecule has 5 nitrogen and oxygen atoms in total. The SMILES string of the molecule is C=CCNC(CCC(=O)O)C(O)c1ccc(OC)cc1C. The molecule has 0 bridgehead atoms. The number of hydrogen-bond acceptors (Lipinski definition) is 4. The quantitative estimate of drug-likeness (QED) is 0.607. The highest BCUT2D eigenvalue weighted by Gasteiger charge is 2.22. The number of ether oxygens (including phenoxy) is 1. The van der Waals surface area contributed by atoms with Crippen molar-refractivity contribution < 1.29 is 19.7 Å². The summed E-state index contributed by atoms with van der Waals surface area (Å²) in [6, 6.07) is 5.10. The van der Waals surface area contributed by atoms with Crippen LogP contribution in [0.2, 0.25) is 0 Å². The zero-order valence-electron chi connectivity index (χ0n) is 12.5. The molecule has 0 spiro atoms. The summed E-state index contributed by atoms with van der Waals surface area (Å²) in [6.45, 7) is 6.03. The van der Waals surface area contributed by atoms with Crippen LogP contribution in [0.1, 0.15) is 30.1 Å². The third-order valence-electron chi connectivity index (χ3n) is 3.37. The molecule has 3 N–H and O–H groups in total. The summed E-state index contributed by atoms with van der Waals surface area (Å²) in [5.41, 5.74) is 1.67. The summed E-state index contributed by atoms with van der Waals surface area (Å²) in [5, 5.41) is 22.5. The number of methoxy groups -OCH3 is 1. The van der Waals surface area contributed by atoms with Gasteiger partial charge in [0.25, 0.3) is 0 Å². The van der Waals surface area contributed by atoms with Gasteiger partial charge in [0.1, 0.15) is 5.75 Å². The van der Waals surface area contributed by atoms with E-state index in [0.29, 0.717) is 13.0 Å². The average molecular weight is 293 g/mol. The summed E-state index contributed by atoms with van der Waals surface area (Å²) in [7, 11) is 1.59. The molecule has 2 atom stereocenters. The molecule has 0 aliphatic rings. The highest BCUT2D eigenvalue weighted by Crippen LogP contribution is 2.26. The molecule has 2 unspecified atom stereocenters. The first kappa shape index (κ1) is 17.2. The summed E-state index contributed by atoms with van der Waals surface area (Å²) >= 11 is 0. The highest BCUT2D eigenvalue weighted by atomic mass is 16.5. The van der Waals surface area contributed by atoms with Crippen molar-refractivity contribution in [2.45, 2.75) is 31.9 Å². The smallest absolute Gasteiger partial charge is 0.303 e. The number of aryl methyl sites for hydroxylation is 1. The Morgan fingerprint density at radius 3 is 2.76 bits per heavy atom. The Morgan fingerprint density at radius 2 is 2.24 bits per heavy atom. The van der Waals surface area contributed by atoms with E-state index in [9.17, 15) is 9.90 Å². The van der Waals surface area contributed by atoms with Gasteiger partial charge in [0.2, 0.25) is 0 Å². The van der Waals surface area contributed by atoms with Crippen molar-refractivity contribution in [2.75, 3.05) is 13.7 Å². The number of benzene rings is 1. The molecule has 0 aliphatic carbocycles. The number of aliphatic hydroxyl groups excluding tert-OH is 1. The van der Waals surface area contributed by atoms with Crippen LogP contribution in [0.3, 0.4) is 0 Å². The Morgan fingerprint density at radius 1 is 1.52 bits per heavy atom. The lowest BCUT2D eigenvalue weighted by Crippen LogP contribution is -2.36. The van der Waals surface area contributed by atoms with E-state index in [1.165, 1.54) is 0 Å². The van der Waals surface area contributed by atoms with Crippen LogP contribution in [0.25, 0.3) is 0 Å². The van der Waals surface area contributed by atoms with E-state index in [-0.39, 0.29) is 12.5 Å². The van der Waals surface area contributed by atoms with Gasteiger partial charge in [0.15, 0.2) is 0 Å². The number of carboxylic acid groups (broad SMARTS) is 1. The molecule has 0 amide bonds. The summed E-state index contributed by atoms with van der Waals surface area (Å²) < 4.78 is 5.15. The fraction of sp³-hybridized carbons (Fsp3) is 0.438. The third kappa shape index (κ3) is 5.21. The van der Waals surface area contributed by atoms with E-state index >= 15 is 0 Å². The molecule has 0 aliphatic heterocycles. The Kier molecular flexibility index (Phi) is 6.91. The number of nitrogens with one attached hydrogen (secondary N) is 1. The van der Waals surface area contributed by atoms with E-state index in [0.717, 1.165) is 16.9 Å². The van der Waals surface area contributed by atoms with Crippen molar-refractivity contribution in [2.24, 2.45) is 0 Å². The van der Waals surface area contributed by atoms with Gasteiger partial charge in [-0.25, -0.2) is 0 Å². The molecule has 0 heterocycles. The van der Waals surface area contributed by atoms with Crippen LogP contribution in [0.15, 0.2) is 30.9 Å². The lowest BCUT2D eigenvalue weighted by Gasteiger charge is -2.25. The standard InChI is InChI=1S/C16H23NO4/c1-4-9-17-14(7-8-15(18)19)16(20)13-6-5-12(21-3)10-11(13)2/h4-6,10,14,16-17,20H,1,7-9H2,2-3H3,(H,18,19). The number of aliphatic hydroxyl groups is 1. The van der Waals surface area contributed by atoms with Crippen LogP contribution in [0, 0.1) is 6.92 Å². The van der Waals surface area contributed by atoms with Crippen LogP contribution in [0.5, 0.6) is 5.75 Å². The van der Waals surface area contributed by atoms with Crippen molar-refractivity contribution in [1.82, 2.24) is 5.32 Å². The van der Waals surface area contributed by atoms with Crippen LogP contribution < -0.4 is 10.1 Å². The van der Waals surface area contributed by atoms with Crippen LogP contribution in [-0.4, -0.2) is 35.9 Å². The zero-order chi connectivity index (χ0) is 15.8. The van der Waals surface area contributed by atoms with Gasteiger partial charge >= 0.3 is 5.97 Å². The molecular formula is C16H23NO4. The number of hydrogen-bond donors (Lipinski definition) is 3. The Hall–Kier alpha value is -1.85. The number of carbonyl (C=O) groups is 1. The number of carboxylic acids is 1. The Balaban J connectivity index is 2.89. The second kappa shape index (κ2) is 8.44. The van der Waals surface area contributed by atoms with Gasteiger partial charge in [-0.05, 0) is 36.6 Å². The van der Waals surface area contributed by atoms with E-state index in [2.05, 4.69) is 11.9 Å². The van der Waals surface area contributed by atoms with Crippen LogP contribution in [0.4, 0.5) is 0 Å². The van der Waals surface area contributed by atoms with Gasteiger partial charge in [-0.15, -0.1) is 6.58 Å². The van der Waals surface area contributed by atoms with Gasteiger partial charge < -0.3 is 20.3 Å². The fourth-order valence-electron chi connectivity index (χ4n) is 2.21. The summed E-state index contributed by atoms with van der Waals surface area (Å²) in [5.74, 6) is -0.149. The molecule has 5 heteroatoms. The normalized spacial score (nSPS) is 13.5. The van der Waals surface area contributed by atoms with E-state index in [1.807, 2.05) is 19.1 Å². The van der Waals surface area contributed by atoms with Crippen molar-refractivity contribution >= 4 is 5.97 Å². The molecule has 0 fully saturated rings. The molecule has 21 heavy (non-hydrogen) atoms. The highest BCUT2D eigenvalue weighted by molar-refractivity contribution is 5.66. The largest absolute Gasteiger partial charge is 0.497 e. The van der Waals surface area contributed by atoms with Crippen molar-refractivity contribution in [1.29, 1.82) is 0 Å². The molecule has 0 radical (unpaired) electrons. The lowest BCUT2D eigenvalue weighted by molar-refractivity contribution is -0.137. The van der Waals surface area contributed by atoms with Crippen molar-refractivity contribution in [3.63, 3.8) is 0 Å². The van der Waals surface area contributed by atoms with Gasteiger partial charge in [-0.2, -0.15) is 0 Å². The van der Waals surface area contributed by atoms with Gasteiger partial charge in [0, 0.05) is 19.0 Å². The van der Waals surface area contributed by atoms with Crippen molar-refractivity contribution in [3.8, 4) is 5.75 Å². The maximum Gasteiger partial charge on any atom is 0.303 e. The monoisotopic (exact) mass is 293 g/mol. The number of rotatable bonds is 9. The second-order valence-electron chi connectivity index (χ2n) is 4.90. The minimum Gasteiger partial charge on any atom is -0.497 e. The Bertz CT molecular complexity index is 487. The maximum atomic E-state index is 10.7. The van der Waals surface area contributed by atoms with Crippen LogP contribution in [-0.2, 0) is 4.79 Å². The molecule has 1 aromatic rings. The van der Waals surface area contributed by atoms with Gasteiger partial charge in [-0.3, -0.25) is 4.79 Å².